The molecule has 0 radical (unpaired) electrons. The van der Waals surface area contributed by atoms with Crippen molar-refractivity contribution >= 4 is 34.6 Å². The van der Waals surface area contributed by atoms with Crippen molar-refractivity contribution in [2.45, 2.75) is 47.0 Å². The number of carbonyl (C=O) groups excluding carboxylic acids is 1. The van der Waals surface area contributed by atoms with Gasteiger partial charge in [-0.25, -0.2) is 0 Å². The molecular weight excluding hydrogens is 431 g/mol. The number of allylic oxidation sites excluding steroid dienone is 1. The summed E-state index contributed by atoms with van der Waals surface area (Å²) in [6, 6.07) is 11.4. The van der Waals surface area contributed by atoms with Crippen LogP contribution < -0.4 is 0 Å². The highest BCUT2D eigenvalue weighted by molar-refractivity contribution is 6.36. The van der Waals surface area contributed by atoms with Crippen LogP contribution in [0.25, 0.3) is 16.7 Å². The van der Waals surface area contributed by atoms with Crippen LogP contribution in [0.5, 0.6) is 0 Å². The van der Waals surface area contributed by atoms with Gasteiger partial charge in [0.1, 0.15) is 5.76 Å². The number of hydrogen-bond acceptors (Lipinski definition) is 3. The van der Waals surface area contributed by atoms with Gasteiger partial charge in [-0.2, -0.15) is 0 Å². The number of ketones is 1. The molecule has 0 aromatic heterocycles. The van der Waals surface area contributed by atoms with E-state index in [1.165, 1.54) is 0 Å². The lowest BCUT2D eigenvalue weighted by Crippen LogP contribution is -2.26. The molecule has 1 unspecified atom stereocenters. The number of carbonyl (C=O) groups is 1. The Bertz CT molecular complexity index is 1010. The molecule has 3 nitrogen and oxygen atoms in total. The summed E-state index contributed by atoms with van der Waals surface area (Å²) >= 11 is 12.5. The van der Waals surface area contributed by atoms with E-state index < -0.39 is 5.41 Å². The van der Waals surface area contributed by atoms with E-state index in [9.17, 15) is 9.90 Å². The van der Waals surface area contributed by atoms with Gasteiger partial charge in [0, 0.05) is 33.5 Å². The maximum Gasteiger partial charge on any atom is 0.169 e. The Hall–Kier alpha value is -1.81. The SMILES string of the molecule is CCOCC1(C)CC[C@H](C)C(=O)C(c2ccc(-c3ccc(Cl)cc3Cl)cc2CC)=C1O. The zero-order valence-corrected chi connectivity index (χ0v) is 20.1. The predicted octanol–water partition coefficient (Wildman–Crippen LogP) is 7.53. The van der Waals surface area contributed by atoms with Crippen LogP contribution >= 0.6 is 23.2 Å². The first-order chi connectivity index (χ1) is 14.7. The highest BCUT2D eigenvalue weighted by atomic mass is 35.5. The van der Waals surface area contributed by atoms with Crippen molar-refractivity contribution in [2.75, 3.05) is 13.2 Å². The first kappa shape index (κ1) is 23.8. The Balaban J connectivity index is 2.16. The molecule has 31 heavy (non-hydrogen) atoms. The summed E-state index contributed by atoms with van der Waals surface area (Å²) in [4.78, 5) is 13.3. The van der Waals surface area contributed by atoms with Gasteiger partial charge in [0.05, 0.1) is 12.2 Å². The number of Topliss-reactive ketones (excluding diaryl/α,β-unsaturated/α-hetero) is 1. The molecule has 0 amide bonds. The van der Waals surface area contributed by atoms with E-state index in [0.717, 1.165) is 35.1 Å². The van der Waals surface area contributed by atoms with Crippen molar-refractivity contribution in [3.8, 4) is 11.1 Å². The molecule has 0 aliphatic heterocycles. The molecule has 2 atom stereocenters. The number of aliphatic hydroxyl groups is 1. The van der Waals surface area contributed by atoms with Crippen LogP contribution in [-0.4, -0.2) is 24.1 Å². The third-order valence-electron chi connectivity index (χ3n) is 6.25. The fourth-order valence-corrected chi connectivity index (χ4v) is 4.72. The quantitative estimate of drug-likeness (QED) is 0.484. The Labute approximate surface area is 195 Å². The summed E-state index contributed by atoms with van der Waals surface area (Å²) in [7, 11) is 0. The maximum atomic E-state index is 13.3. The van der Waals surface area contributed by atoms with Crippen LogP contribution in [0.3, 0.4) is 0 Å². The number of benzene rings is 2. The molecule has 3 rings (SSSR count). The standard InChI is InChI=1S/C26H30Cl2O3/c1-5-17-13-18(20-10-8-19(27)14-22(20)28)7-9-21(17)23-24(29)16(3)11-12-26(4,25(23)30)15-31-6-2/h7-10,13-14,16,30H,5-6,11-12,15H2,1-4H3/t16-,26?/m0/s1. The van der Waals surface area contributed by atoms with Crippen LogP contribution in [0.4, 0.5) is 0 Å². The number of rotatable bonds is 6. The lowest BCUT2D eigenvalue weighted by atomic mass is 9.81. The molecule has 2 aromatic carbocycles. The molecule has 166 valence electrons. The van der Waals surface area contributed by atoms with Gasteiger partial charge in [0.15, 0.2) is 5.78 Å². The van der Waals surface area contributed by atoms with Gasteiger partial charge in [0.25, 0.3) is 0 Å². The second-order valence-electron chi connectivity index (χ2n) is 8.58. The number of aryl methyl sites for hydroxylation is 1. The van der Waals surface area contributed by atoms with Gasteiger partial charge in [-0.15, -0.1) is 0 Å². The molecule has 1 aliphatic carbocycles. The number of ether oxygens (including phenoxy) is 1. The Kier molecular flexibility index (Phi) is 7.51. The molecule has 0 fully saturated rings. The number of halogens is 2. The molecule has 1 aliphatic rings. The lowest BCUT2D eigenvalue weighted by Gasteiger charge is -2.29. The third-order valence-corrected chi connectivity index (χ3v) is 6.80. The zero-order valence-electron chi connectivity index (χ0n) is 18.6. The van der Waals surface area contributed by atoms with Crippen molar-refractivity contribution < 1.29 is 14.6 Å². The predicted molar refractivity (Wildman–Crippen MR) is 129 cm³/mol. The van der Waals surface area contributed by atoms with E-state index >= 15 is 0 Å². The van der Waals surface area contributed by atoms with Gasteiger partial charge < -0.3 is 9.84 Å². The van der Waals surface area contributed by atoms with Crippen LogP contribution in [0, 0.1) is 11.3 Å². The van der Waals surface area contributed by atoms with Gasteiger partial charge in [0.2, 0.25) is 0 Å². The van der Waals surface area contributed by atoms with Crippen molar-refractivity contribution in [1.29, 1.82) is 0 Å². The molecule has 0 saturated heterocycles. The molecule has 1 N–H and O–H groups in total. The molecular formula is C26H30Cl2O3. The summed E-state index contributed by atoms with van der Waals surface area (Å²) in [6.07, 6.45) is 2.14. The fourth-order valence-electron chi connectivity index (χ4n) is 4.20. The zero-order chi connectivity index (χ0) is 22.8. The summed E-state index contributed by atoms with van der Waals surface area (Å²) in [5, 5.41) is 12.5. The van der Waals surface area contributed by atoms with Crippen molar-refractivity contribution in [3.63, 3.8) is 0 Å². The van der Waals surface area contributed by atoms with E-state index in [0.29, 0.717) is 35.3 Å². The highest BCUT2D eigenvalue weighted by Gasteiger charge is 2.39. The monoisotopic (exact) mass is 460 g/mol. The minimum absolute atomic E-state index is 0.00954. The van der Waals surface area contributed by atoms with Gasteiger partial charge in [-0.3, -0.25) is 4.79 Å². The molecule has 2 aromatic rings. The second-order valence-corrected chi connectivity index (χ2v) is 9.42. The summed E-state index contributed by atoms with van der Waals surface area (Å²) in [5.74, 6) is -0.0253. The summed E-state index contributed by atoms with van der Waals surface area (Å²) in [6.45, 7) is 8.86. The summed E-state index contributed by atoms with van der Waals surface area (Å²) in [5.41, 5.74) is 3.45. The van der Waals surface area contributed by atoms with Gasteiger partial charge in [-0.1, -0.05) is 68.2 Å². The van der Waals surface area contributed by atoms with Crippen LogP contribution in [0.2, 0.25) is 10.0 Å². The number of hydrogen-bond donors (Lipinski definition) is 1. The topological polar surface area (TPSA) is 46.5 Å². The Morgan fingerprint density at radius 1 is 1.13 bits per heavy atom. The normalized spacial score (nSPS) is 22.0. The Morgan fingerprint density at radius 2 is 1.84 bits per heavy atom. The third kappa shape index (κ3) is 4.84. The van der Waals surface area contributed by atoms with Crippen LogP contribution in [-0.2, 0) is 16.0 Å². The maximum absolute atomic E-state index is 13.3. The second kappa shape index (κ2) is 9.77. The minimum Gasteiger partial charge on any atom is -0.511 e. The van der Waals surface area contributed by atoms with E-state index in [4.69, 9.17) is 27.9 Å². The van der Waals surface area contributed by atoms with Crippen molar-refractivity contribution in [3.05, 3.63) is 63.3 Å². The van der Waals surface area contributed by atoms with Crippen LogP contribution in [0.15, 0.2) is 42.2 Å². The first-order valence-electron chi connectivity index (χ1n) is 10.9. The molecule has 0 bridgehead atoms. The number of aliphatic hydroxyl groups excluding tert-OH is 1. The largest absolute Gasteiger partial charge is 0.511 e. The molecule has 0 saturated carbocycles. The van der Waals surface area contributed by atoms with E-state index in [2.05, 4.69) is 0 Å². The van der Waals surface area contributed by atoms with E-state index in [-0.39, 0.29) is 17.5 Å². The Morgan fingerprint density at radius 3 is 2.48 bits per heavy atom. The van der Waals surface area contributed by atoms with Gasteiger partial charge >= 0.3 is 0 Å². The van der Waals surface area contributed by atoms with Crippen molar-refractivity contribution in [1.82, 2.24) is 0 Å². The minimum atomic E-state index is -0.588. The average Bonchev–Trinajstić information content (AvgIpc) is 2.83. The molecule has 0 spiro atoms. The fraction of sp³-hybridized carbons (Fsp3) is 0.423. The van der Waals surface area contributed by atoms with Gasteiger partial charge in [-0.05, 0) is 55.0 Å². The molecule has 5 heteroatoms. The highest BCUT2D eigenvalue weighted by Crippen LogP contribution is 2.43. The van der Waals surface area contributed by atoms with E-state index in [1.807, 2.05) is 58.0 Å². The molecule has 0 heterocycles. The average molecular weight is 461 g/mol. The van der Waals surface area contributed by atoms with E-state index in [1.54, 1.807) is 6.07 Å². The summed E-state index contributed by atoms with van der Waals surface area (Å²) < 4.78 is 5.68. The first-order valence-corrected chi connectivity index (χ1v) is 11.6. The van der Waals surface area contributed by atoms with Crippen molar-refractivity contribution in [2.24, 2.45) is 11.3 Å². The smallest absolute Gasteiger partial charge is 0.169 e. The lowest BCUT2D eigenvalue weighted by molar-refractivity contribution is -0.117. The van der Waals surface area contributed by atoms with Crippen LogP contribution in [0.1, 0.15) is 51.7 Å².